The first-order chi connectivity index (χ1) is 17.9. The van der Waals surface area contributed by atoms with Gasteiger partial charge in [-0.2, -0.15) is 0 Å². The summed E-state index contributed by atoms with van der Waals surface area (Å²) in [6.07, 6.45) is 0. The first-order valence-electron chi connectivity index (χ1n) is 12.4. The number of halogens is 1. The number of nitrogens with one attached hydrogen (secondary N) is 1. The van der Waals surface area contributed by atoms with Gasteiger partial charge in [-0.25, -0.2) is 8.42 Å². The van der Waals surface area contributed by atoms with Gasteiger partial charge in [0.15, 0.2) is 0 Å². The lowest BCUT2D eigenvalue weighted by atomic mass is 10.1. The summed E-state index contributed by atoms with van der Waals surface area (Å²) in [6, 6.07) is 20.0. The molecule has 0 spiro atoms. The Morgan fingerprint density at radius 3 is 2.11 bits per heavy atom. The normalized spacial score (nSPS) is 12.2. The van der Waals surface area contributed by atoms with Crippen LogP contribution < -0.4 is 9.62 Å². The van der Waals surface area contributed by atoms with Gasteiger partial charge in [-0.1, -0.05) is 52.3 Å². The maximum atomic E-state index is 13.9. The molecule has 202 valence electrons. The highest BCUT2D eigenvalue weighted by atomic mass is 79.9. The Bertz CT molecular complexity index is 1370. The number of carbonyl (C=O) groups excluding carboxylic acids is 2. The monoisotopic (exact) mass is 599 g/mol. The minimum atomic E-state index is -4.08. The summed E-state index contributed by atoms with van der Waals surface area (Å²) in [5.74, 6) is -0.803. The number of anilines is 1. The summed E-state index contributed by atoms with van der Waals surface area (Å²) in [6.45, 7) is 8.77. The van der Waals surface area contributed by atoms with Crippen molar-refractivity contribution >= 4 is 43.5 Å². The summed E-state index contributed by atoms with van der Waals surface area (Å²) < 4.78 is 29.6. The van der Waals surface area contributed by atoms with E-state index in [1.54, 1.807) is 37.3 Å². The van der Waals surface area contributed by atoms with Gasteiger partial charge in [-0.3, -0.25) is 13.9 Å². The van der Waals surface area contributed by atoms with Crippen LogP contribution in [0.15, 0.2) is 82.2 Å². The number of amides is 2. The zero-order chi connectivity index (χ0) is 28.0. The number of nitrogens with zero attached hydrogens (tertiary/aromatic N) is 2. The fourth-order valence-corrected chi connectivity index (χ4v) is 6.03. The summed E-state index contributed by atoms with van der Waals surface area (Å²) in [4.78, 5) is 28.4. The van der Waals surface area contributed by atoms with Crippen LogP contribution in [-0.2, 0) is 26.2 Å². The smallest absolute Gasteiger partial charge is 0.264 e. The quantitative estimate of drug-likeness (QED) is 0.347. The molecule has 1 N–H and O–H groups in total. The average Bonchev–Trinajstić information content (AvgIpc) is 2.84. The van der Waals surface area contributed by atoms with Gasteiger partial charge in [0, 0.05) is 17.1 Å². The van der Waals surface area contributed by atoms with Crippen molar-refractivity contribution in [1.29, 1.82) is 0 Å². The molecule has 0 saturated heterocycles. The van der Waals surface area contributed by atoms with Gasteiger partial charge in [0.05, 0.1) is 10.6 Å². The number of hydrogen-bond donors (Lipinski definition) is 1. The average molecular weight is 601 g/mol. The lowest BCUT2D eigenvalue weighted by Crippen LogP contribution is -2.52. The molecule has 0 bridgehead atoms. The molecule has 38 heavy (non-hydrogen) atoms. The molecule has 0 aliphatic rings. The zero-order valence-corrected chi connectivity index (χ0v) is 24.7. The van der Waals surface area contributed by atoms with Gasteiger partial charge in [0.2, 0.25) is 11.8 Å². The van der Waals surface area contributed by atoms with E-state index in [-0.39, 0.29) is 23.4 Å². The molecule has 7 nitrogen and oxygen atoms in total. The predicted octanol–water partition coefficient (Wildman–Crippen LogP) is 5.20. The molecule has 0 saturated carbocycles. The molecule has 2 amide bonds. The van der Waals surface area contributed by atoms with Crippen LogP contribution in [0.1, 0.15) is 37.5 Å². The number of hydrogen-bond acceptors (Lipinski definition) is 4. The topological polar surface area (TPSA) is 86.8 Å². The van der Waals surface area contributed by atoms with Crippen molar-refractivity contribution in [2.24, 2.45) is 0 Å². The molecule has 0 unspecified atom stereocenters. The molecule has 0 heterocycles. The third kappa shape index (κ3) is 7.45. The lowest BCUT2D eigenvalue weighted by molar-refractivity contribution is -0.139. The highest BCUT2D eigenvalue weighted by Gasteiger charge is 2.32. The first kappa shape index (κ1) is 29.4. The summed E-state index contributed by atoms with van der Waals surface area (Å²) in [7, 11) is -4.08. The Balaban J connectivity index is 2.06. The van der Waals surface area contributed by atoms with Crippen molar-refractivity contribution in [3.63, 3.8) is 0 Å². The maximum Gasteiger partial charge on any atom is 0.264 e. The Morgan fingerprint density at radius 1 is 0.895 bits per heavy atom. The van der Waals surface area contributed by atoms with E-state index < -0.39 is 28.5 Å². The van der Waals surface area contributed by atoms with Crippen LogP contribution in [0.2, 0.25) is 0 Å². The van der Waals surface area contributed by atoms with Crippen LogP contribution in [0.5, 0.6) is 0 Å². The lowest BCUT2D eigenvalue weighted by Gasteiger charge is -2.32. The number of rotatable bonds is 10. The number of sulfonamides is 1. The number of carbonyl (C=O) groups is 2. The molecule has 1 atom stereocenters. The van der Waals surface area contributed by atoms with E-state index >= 15 is 0 Å². The van der Waals surface area contributed by atoms with E-state index in [0.717, 1.165) is 25.5 Å². The molecule has 3 aromatic carbocycles. The molecule has 0 aliphatic carbocycles. The van der Waals surface area contributed by atoms with E-state index in [1.807, 2.05) is 58.0 Å². The van der Waals surface area contributed by atoms with E-state index in [1.165, 1.54) is 17.0 Å². The minimum absolute atomic E-state index is 0.0797. The third-order valence-electron chi connectivity index (χ3n) is 5.94. The van der Waals surface area contributed by atoms with Crippen LogP contribution >= 0.6 is 15.9 Å². The van der Waals surface area contributed by atoms with Gasteiger partial charge in [0.1, 0.15) is 12.6 Å². The van der Waals surface area contributed by atoms with Crippen LogP contribution in [0.3, 0.4) is 0 Å². The van der Waals surface area contributed by atoms with E-state index in [0.29, 0.717) is 5.69 Å². The molecule has 0 aliphatic heterocycles. The Kier molecular flexibility index (Phi) is 9.73. The van der Waals surface area contributed by atoms with Crippen molar-refractivity contribution < 1.29 is 18.0 Å². The summed E-state index contributed by atoms with van der Waals surface area (Å²) in [5, 5.41) is 2.86. The van der Waals surface area contributed by atoms with Gasteiger partial charge in [0.25, 0.3) is 10.0 Å². The van der Waals surface area contributed by atoms with Crippen LogP contribution in [0.4, 0.5) is 5.69 Å². The number of benzene rings is 3. The fourth-order valence-electron chi connectivity index (χ4n) is 4.16. The van der Waals surface area contributed by atoms with Crippen molar-refractivity contribution in [3.8, 4) is 0 Å². The minimum Gasteiger partial charge on any atom is -0.352 e. The van der Waals surface area contributed by atoms with Gasteiger partial charge in [-0.05, 0) is 87.7 Å². The molecule has 3 aromatic rings. The largest absolute Gasteiger partial charge is 0.352 e. The van der Waals surface area contributed by atoms with Gasteiger partial charge in [-0.15, -0.1) is 0 Å². The molecular weight excluding hydrogens is 566 g/mol. The Morgan fingerprint density at radius 2 is 1.53 bits per heavy atom. The third-order valence-corrected chi connectivity index (χ3v) is 8.23. The Labute approximate surface area is 234 Å². The first-order valence-corrected chi connectivity index (χ1v) is 14.6. The van der Waals surface area contributed by atoms with Crippen LogP contribution in [0, 0.1) is 13.8 Å². The van der Waals surface area contributed by atoms with Crippen molar-refractivity contribution in [2.75, 3.05) is 10.8 Å². The number of aryl methyl sites for hydroxylation is 2. The second-order valence-electron chi connectivity index (χ2n) is 9.66. The SMILES string of the molecule is Cc1cc(C)cc(N(CC(=O)N(Cc2cccc(Br)c2)[C@H](C)C(=O)NC(C)C)S(=O)(=O)c2ccccc2)c1. The molecule has 3 rings (SSSR count). The van der Waals surface area contributed by atoms with E-state index in [2.05, 4.69) is 21.2 Å². The highest BCUT2D eigenvalue weighted by Crippen LogP contribution is 2.27. The van der Waals surface area contributed by atoms with Gasteiger partial charge < -0.3 is 10.2 Å². The predicted molar refractivity (Wildman–Crippen MR) is 154 cm³/mol. The second kappa shape index (κ2) is 12.6. The van der Waals surface area contributed by atoms with Crippen LogP contribution in [0.25, 0.3) is 0 Å². The molecule has 0 aromatic heterocycles. The van der Waals surface area contributed by atoms with Crippen molar-refractivity contribution in [2.45, 2.75) is 58.1 Å². The van der Waals surface area contributed by atoms with E-state index in [4.69, 9.17) is 0 Å². The second-order valence-corrected chi connectivity index (χ2v) is 12.4. The van der Waals surface area contributed by atoms with Crippen molar-refractivity contribution in [3.05, 3.63) is 94.0 Å². The van der Waals surface area contributed by atoms with Crippen LogP contribution in [-0.4, -0.2) is 43.8 Å². The van der Waals surface area contributed by atoms with Gasteiger partial charge >= 0.3 is 0 Å². The highest BCUT2D eigenvalue weighted by molar-refractivity contribution is 9.10. The molecule has 0 fully saturated rings. The van der Waals surface area contributed by atoms with Crippen molar-refractivity contribution in [1.82, 2.24) is 10.2 Å². The van der Waals surface area contributed by atoms with E-state index in [9.17, 15) is 18.0 Å². The summed E-state index contributed by atoms with van der Waals surface area (Å²) >= 11 is 3.45. The molecular formula is C29H34BrN3O4S. The maximum absolute atomic E-state index is 13.9. The molecule has 9 heteroatoms. The molecule has 0 radical (unpaired) electrons. The standard InChI is InChI=1S/C29H34BrN3O4S/c1-20(2)31-29(35)23(5)32(18-24-10-9-11-25(30)17-24)28(34)19-33(26-15-21(3)14-22(4)16-26)38(36,37)27-12-7-6-8-13-27/h6-17,20,23H,18-19H2,1-5H3,(H,31,35)/t23-/m1/s1. The fraction of sp³-hybridized carbons (Fsp3) is 0.310. The zero-order valence-electron chi connectivity index (χ0n) is 22.3. The summed E-state index contributed by atoms with van der Waals surface area (Å²) in [5.41, 5.74) is 2.94. The Hall–Kier alpha value is -3.17.